The predicted octanol–water partition coefficient (Wildman–Crippen LogP) is 0.513. The maximum absolute atomic E-state index is 12.8. The molecule has 3 aliphatic heterocycles. The Kier molecular flexibility index (Phi) is 3.67. The van der Waals surface area contributed by atoms with E-state index >= 15 is 0 Å². The molecule has 3 N–H and O–H groups in total. The van der Waals surface area contributed by atoms with E-state index in [1.165, 1.54) is 5.56 Å². The van der Waals surface area contributed by atoms with Crippen molar-refractivity contribution >= 4 is 17.7 Å². The number of imide groups is 1. The van der Waals surface area contributed by atoms with Crippen LogP contribution < -0.4 is 11.1 Å². The van der Waals surface area contributed by atoms with Gasteiger partial charge in [0.1, 0.15) is 6.04 Å². The van der Waals surface area contributed by atoms with Crippen molar-refractivity contribution in [1.29, 1.82) is 0 Å². The van der Waals surface area contributed by atoms with E-state index in [1.54, 1.807) is 4.90 Å². The number of carbonyl (C=O) groups is 3. The van der Waals surface area contributed by atoms with Crippen molar-refractivity contribution < 1.29 is 14.4 Å². The number of fused-ring (bicyclic) bond motifs is 2. The Labute approximate surface area is 157 Å². The lowest BCUT2D eigenvalue weighted by molar-refractivity contribution is -0.136. The summed E-state index contributed by atoms with van der Waals surface area (Å²) in [4.78, 5) is 40.3. The van der Waals surface area contributed by atoms with Crippen molar-refractivity contribution in [3.63, 3.8) is 0 Å². The van der Waals surface area contributed by atoms with Crippen LogP contribution >= 0.6 is 0 Å². The van der Waals surface area contributed by atoms with E-state index in [0.717, 1.165) is 37.9 Å². The van der Waals surface area contributed by atoms with Crippen molar-refractivity contribution in [2.45, 2.75) is 62.8 Å². The third-order valence-corrected chi connectivity index (χ3v) is 6.58. The van der Waals surface area contributed by atoms with E-state index in [2.05, 4.69) is 16.3 Å². The van der Waals surface area contributed by atoms with Crippen LogP contribution in [0.5, 0.6) is 0 Å². The fourth-order valence-electron chi connectivity index (χ4n) is 4.98. The van der Waals surface area contributed by atoms with Crippen LogP contribution in [-0.4, -0.2) is 51.7 Å². The minimum atomic E-state index is -0.558. The quantitative estimate of drug-likeness (QED) is 0.758. The molecule has 0 spiro atoms. The van der Waals surface area contributed by atoms with Crippen molar-refractivity contribution in [3.8, 4) is 0 Å². The fraction of sp³-hybridized carbons (Fsp3) is 0.550. The van der Waals surface area contributed by atoms with Crippen molar-refractivity contribution in [1.82, 2.24) is 15.1 Å². The lowest BCUT2D eigenvalue weighted by atomic mass is 10.0. The van der Waals surface area contributed by atoms with Gasteiger partial charge < -0.3 is 10.6 Å². The van der Waals surface area contributed by atoms with Crippen LogP contribution in [0.1, 0.15) is 53.6 Å². The van der Waals surface area contributed by atoms with Gasteiger partial charge >= 0.3 is 0 Å². The smallest absolute Gasteiger partial charge is 0.255 e. The SMILES string of the molecule is NC12CCCN(Cc3ccc4c(c3)CN(C3CCC(=O)NC3=O)C4=O)C1C2. The highest BCUT2D eigenvalue weighted by Crippen LogP contribution is 2.45. The number of hydrogen-bond acceptors (Lipinski definition) is 5. The van der Waals surface area contributed by atoms with Gasteiger partial charge in [0, 0.05) is 36.7 Å². The van der Waals surface area contributed by atoms with Gasteiger partial charge in [-0.25, -0.2) is 0 Å². The zero-order chi connectivity index (χ0) is 18.8. The second-order valence-electron chi connectivity index (χ2n) is 8.42. The molecule has 3 heterocycles. The third kappa shape index (κ3) is 2.76. The minimum Gasteiger partial charge on any atom is -0.324 e. The second kappa shape index (κ2) is 5.87. The Hall–Kier alpha value is -2.25. The Morgan fingerprint density at radius 1 is 1.26 bits per heavy atom. The standard InChI is InChI=1S/C20H24N4O3/c21-20-6-1-7-23(16(20)9-20)10-12-2-3-14-13(8-12)11-24(19(14)27)15-4-5-17(25)22-18(15)26/h2-3,8,15-16H,1,4-7,9-11,21H2,(H,22,25,26). The van der Waals surface area contributed by atoms with Gasteiger partial charge in [-0.05, 0) is 49.4 Å². The van der Waals surface area contributed by atoms with Gasteiger partial charge in [-0.2, -0.15) is 0 Å². The maximum Gasteiger partial charge on any atom is 0.255 e. The van der Waals surface area contributed by atoms with E-state index < -0.39 is 6.04 Å². The van der Waals surface area contributed by atoms with Crippen LogP contribution in [0.2, 0.25) is 0 Å². The number of rotatable bonds is 3. The van der Waals surface area contributed by atoms with E-state index in [0.29, 0.717) is 24.6 Å². The number of nitrogens with zero attached hydrogens (tertiary/aromatic N) is 2. The Bertz CT molecular complexity index is 854. The molecule has 3 amide bonds. The molecule has 7 heteroatoms. The monoisotopic (exact) mass is 368 g/mol. The van der Waals surface area contributed by atoms with Gasteiger partial charge in [-0.1, -0.05) is 12.1 Å². The molecule has 1 aliphatic carbocycles. The number of nitrogens with two attached hydrogens (primary N) is 1. The van der Waals surface area contributed by atoms with Crippen LogP contribution in [0.4, 0.5) is 0 Å². The van der Waals surface area contributed by atoms with Crippen molar-refractivity contribution in [3.05, 3.63) is 34.9 Å². The molecule has 142 valence electrons. The molecule has 4 aliphatic rings. The third-order valence-electron chi connectivity index (χ3n) is 6.58. The van der Waals surface area contributed by atoms with Crippen molar-refractivity contribution in [2.24, 2.45) is 5.73 Å². The van der Waals surface area contributed by atoms with Gasteiger partial charge in [-0.15, -0.1) is 0 Å². The van der Waals surface area contributed by atoms with E-state index in [9.17, 15) is 14.4 Å². The number of carbonyl (C=O) groups excluding carboxylic acids is 3. The molecular formula is C20H24N4O3. The average molecular weight is 368 g/mol. The molecular weight excluding hydrogens is 344 g/mol. The molecule has 0 bridgehead atoms. The molecule has 0 radical (unpaired) electrons. The molecule has 3 fully saturated rings. The van der Waals surface area contributed by atoms with E-state index in [1.807, 2.05) is 12.1 Å². The minimum absolute atomic E-state index is 0.0214. The number of nitrogens with one attached hydrogen (secondary N) is 1. The molecule has 1 saturated carbocycles. The highest BCUT2D eigenvalue weighted by molar-refractivity contribution is 6.05. The topological polar surface area (TPSA) is 95.7 Å². The molecule has 3 atom stereocenters. The molecule has 3 unspecified atom stereocenters. The highest BCUT2D eigenvalue weighted by Gasteiger charge is 2.55. The largest absolute Gasteiger partial charge is 0.324 e. The molecule has 7 nitrogen and oxygen atoms in total. The van der Waals surface area contributed by atoms with Gasteiger partial charge in [0.05, 0.1) is 0 Å². The first-order valence-electron chi connectivity index (χ1n) is 9.74. The van der Waals surface area contributed by atoms with E-state index in [-0.39, 0.29) is 29.7 Å². The number of piperidine rings is 2. The second-order valence-corrected chi connectivity index (χ2v) is 8.42. The van der Waals surface area contributed by atoms with Gasteiger partial charge in [0.2, 0.25) is 11.8 Å². The van der Waals surface area contributed by atoms with Crippen LogP contribution in [0.3, 0.4) is 0 Å². The molecule has 1 aromatic carbocycles. The number of hydrogen-bond donors (Lipinski definition) is 2. The summed E-state index contributed by atoms with van der Waals surface area (Å²) in [7, 11) is 0. The summed E-state index contributed by atoms with van der Waals surface area (Å²) in [5, 5.41) is 2.34. The fourth-order valence-corrected chi connectivity index (χ4v) is 4.98. The van der Waals surface area contributed by atoms with Gasteiger partial charge in [0.15, 0.2) is 0 Å². The number of benzene rings is 1. The zero-order valence-electron chi connectivity index (χ0n) is 15.2. The Balaban J connectivity index is 1.32. The lowest BCUT2D eigenvalue weighted by Crippen LogP contribution is -2.52. The first kappa shape index (κ1) is 16.9. The normalized spacial score (nSPS) is 32.9. The first-order valence-corrected chi connectivity index (χ1v) is 9.74. The lowest BCUT2D eigenvalue weighted by Gasteiger charge is -2.30. The molecule has 1 aromatic rings. The number of amides is 3. The zero-order valence-corrected chi connectivity index (χ0v) is 15.2. The summed E-state index contributed by atoms with van der Waals surface area (Å²) in [6.45, 7) is 2.35. The van der Waals surface area contributed by atoms with Crippen LogP contribution in [0.15, 0.2) is 18.2 Å². The Morgan fingerprint density at radius 2 is 2.11 bits per heavy atom. The predicted molar refractivity (Wildman–Crippen MR) is 97.5 cm³/mol. The number of likely N-dealkylation sites (tertiary alicyclic amines) is 1. The van der Waals surface area contributed by atoms with Gasteiger partial charge in [-0.3, -0.25) is 24.6 Å². The van der Waals surface area contributed by atoms with E-state index in [4.69, 9.17) is 5.73 Å². The summed E-state index contributed by atoms with van der Waals surface area (Å²) in [5.74, 6) is -0.749. The molecule has 2 saturated heterocycles. The summed E-state index contributed by atoms with van der Waals surface area (Å²) in [6.07, 6.45) is 4.01. The molecule has 5 rings (SSSR count). The van der Waals surface area contributed by atoms with Crippen molar-refractivity contribution in [2.75, 3.05) is 6.54 Å². The highest BCUT2D eigenvalue weighted by atomic mass is 16.2. The van der Waals surface area contributed by atoms with Crippen LogP contribution in [0.25, 0.3) is 0 Å². The maximum atomic E-state index is 12.8. The summed E-state index contributed by atoms with van der Waals surface area (Å²) < 4.78 is 0. The first-order chi connectivity index (χ1) is 12.9. The Morgan fingerprint density at radius 3 is 2.93 bits per heavy atom. The molecule has 0 aromatic heterocycles. The van der Waals surface area contributed by atoms with Crippen LogP contribution in [-0.2, 0) is 22.7 Å². The average Bonchev–Trinajstić information content (AvgIpc) is 3.23. The summed E-state index contributed by atoms with van der Waals surface area (Å²) >= 11 is 0. The summed E-state index contributed by atoms with van der Waals surface area (Å²) in [5.41, 5.74) is 9.21. The summed E-state index contributed by atoms with van der Waals surface area (Å²) in [6, 6.07) is 5.91. The van der Waals surface area contributed by atoms with Crippen LogP contribution in [0, 0.1) is 0 Å². The molecule has 27 heavy (non-hydrogen) atoms. The van der Waals surface area contributed by atoms with Gasteiger partial charge in [0.25, 0.3) is 5.91 Å².